The summed E-state index contributed by atoms with van der Waals surface area (Å²) in [6.07, 6.45) is 2.53. The van der Waals surface area contributed by atoms with Crippen molar-refractivity contribution in [2.24, 2.45) is 5.92 Å². The van der Waals surface area contributed by atoms with E-state index in [1.807, 2.05) is 13.8 Å². The minimum atomic E-state index is -0.681. The zero-order chi connectivity index (χ0) is 14.5. The van der Waals surface area contributed by atoms with Crippen LogP contribution in [0.3, 0.4) is 0 Å². The minimum absolute atomic E-state index is 0.171. The second-order valence-electron chi connectivity index (χ2n) is 5.42. The predicted octanol–water partition coefficient (Wildman–Crippen LogP) is 1.67. The summed E-state index contributed by atoms with van der Waals surface area (Å²) in [6, 6.07) is 1.73. The maximum absolute atomic E-state index is 11.9. The van der Waals surface area contributed by atoms with E-state index in [1.165, 1.54) is 12.8 Å². The largest absolute Gasteiger partial charge is 0.456 e. The third-order valence-corrected chi connectivity index (χ3v) is 3.42. The van der Waals surface area contributed by atoms with Gasteiger partial charge in [-0.3, -0.25) is 4.79 Å². The molecule has 0 aromatic carbocycles. The van der Waals surface area contributed by atoms with Crippen molar-refractivity contribution in [3.05, 3.63) is 23.2 Å². The number of hydrogen-bond donors (Lipinski definition) is 2. The molecule has 1 aliphatic carbocycles. The van der Waals surface area contributed by atoms with Gasteiger partial charge in [0.15, 0.2) is 5.76 Å². The number of carbonyl (C=O) groups is 1. The Morgan fingerprint density at radius 2 is 2.35 bits per heavy atom. The fraction of sp³-hybridized carbons (Fsp3) is 0.667. The molecule has 0 bridgehead atoms. The quantitative estimate of drug-likeness (QED) is 0.760. The summed E-state index contributed by atoms with van der Waals surface area (Å²) in [6.45, 7) is 5.04. The molecule has 1 atom stereocenters. The first-order valence-corrected chi connectivity index (χ1v) is 7.23. The van der Waals surface area contributed by atoms with E-state index in [1.54, 1.807) is 6.07 Å². The van der Waals surface area contributed by atoms with Gasteiger partial charge in [0.1, 0.15) is 5.76 Å². The zero-order valence-electron chi connectivity index (χ0n) is 12.1. The molecule has 0 spiro atoms. The second kappa shape index (κ2) is 6.90. The van der Waals surface area contributed by atoms with Gasteiger partial charge in [-0.05, 0) is 37.3 Å². The maximum atomic E-state index is 11.9. The van der Waals surface area contributed by atoms with Crippen LogP contribution in [0.15, 0.2) is 10.5 Å². The van der Waals surface area contributed by atoms with Crippen LogP contribution < -0.4 is 5.32 Å². The highest BCUT2D eigenvalue weighted by Gasteiger charge is 2.21. The van der Waals surface area contributed by atoms with Crippen LogP contribution in [0.4, 0.5) is 0 Å². The van der Waals surface area contributed by atoms with Crippen molar-refractivity contribution >= 4 is 5.91 Å². The lowest BCUT2D eigenvalue weighted by Gasteiger charge is -2.11. The molecule has 2 N–H and O–H groups in total. The molecule has 20 heavy (non-hydrogen) atoms. The Hall–Kier alpha value is -1.33. The molecule has 1 aromatic rings. The number of nitrogens with one attached hydrogen (secondary N) is 1. The summed E-state index contributed by atoms with van der Waals surface area (Å²) in [5.74, 6) is 1.50. The fourth-order valence-corrected chi connectivity index (χ4v) is 1.99. The number of ether oxygens (including phenoxy) is 1. The standard InChI is InChI=1S/C15H23NO4/c1-3-13-10(2)6-14(20-13)15(18)16-7-12(17)9-19-8-11-4-5-11/h6,11-12,17H,3-5,7-9H2,1-2H3,(H,16,18). The van der Waals surface area contributed by atoms with Gasteiger partial charge < -0.3 is 19.6 Å². The van der Waals surface area contributed by atoms with E-state index in [4.69, 9.17) is 9.15 Å². The Kier molecular flexibility index (Phi) is 5.20. The SMILES string of the molecule is CCc1oc(C(=O)NCC(O)COCC2CC2)cc1C. The summed E-state index contributed by atoms with van der Waals surface area (Å²) in [5, 5.41) is 12.4. The Morgan fingerprint density at radius 3 is 2.95 bits per heavy atom. The summed E-state index contributed by atoms with van der Waals surface area (Å²) >= 11 is 0. The van der Waals surface area contributed by atoms with Crippen molar-refractivity contribution in [3.8, 4) is 0 Å². The third-order valence-electron chi connectivity index (χ3n) is 3.42. The Bertz CT molecular complexity index is 451. The van der Waals surface area contributed by atoms with Gasteiger partial charge in [0.25, 0.3) is 5.91 Å². The van der Waals surface area contributed by atoms with Gasteiger partial charge in [-0.1, -0.05) is 6.92 Å². The molecule has 0 aliphatic heterocycles. The molecule has 1 heterocycles. The average Bonchev–Trinajstić information content (AvgIpc) is 3.17. The first-order valence-electron chi connectivity index (χ1n) is 7.23. The molecule has 112 valence electrons. The molecule has 1 fully saturated rings. The predicted molar refractivity (Wildman–Crippen MR) is 74.7 cm³/mol. The summed E-state index contributed by atoms with van der Waals surface area (Å²) < 4.78 is 10.8. The number of amides is 1. The molecule has 1 aliphatic rings. The Labute approximate surface area is 119 Å². The molecular weight excluding hydrogens is 258 g/mol. The molecule has 1 amide bonds. The van der Waals surface area contributed by atoms with Crippen LogP contribution in [0.25, 0.3) is 0 Å². The van der Waals surface area contributed by atoms with Crippen LogP contribution in [0.1, 0.15) is 41.6 Å². The number of aliphatic hydroxyl groups is 1. The summed E-state index contributed by atoms with van der Waals surface area (Å²) in [5.41, 5.74) is 0.978. The number of carbonyl (C=O) groups excluding carboxylic acids is 1. The van der Waals surface area contributed by atoms with Gasteiger partial charge in [-0.15, -0.1) is 0 Å². The van der Waals surface area contributed by atoms with Crippen LogP contribution in [-0.4, -0.2) is 36.9 Å². The van der Waals surface area contributed by atoms with Gasteiger partial charge in [0.2, 0.25) is 0 Å². The summed E-state index contributed by atoms with van der Waals surface area (Å²) in [4.78, 5) is 11.9. The fourth-order valence-electron chi connectivity index (χ4n) is 1.99. The van der Waals surface area contributed by atoms with Gasteiger partial charge in [-0.25, -0.2) is 0 Å². The van der Waals surface area contributed by atoms with Gasteiger partial charge in [0.05, 0.1) is 12.7 Å². The molecular formula is C15H23NO4. The molecule has 0 saturated heterocycles. The molecule has 2 rings (SSSR count). The lowest BCUT2D eigenvalue weighted by molar-refractivity contribution is 0.0318. The Morgan fingerprint density at radius 1 is 1.60 bits per heavy atom. The average molecular weight is 281 g/mol. The van der Waals surface area contributed by atoms with E-state index in [0.29, 0.717) is 18.3 Å². The number of aliphatic hydroxyl groups excluding tert-OH is 1. The van der Waals surface area contributed by atoms with E-state index in [-0.39, 0.29) is 19.1 Å². The monoisotopic (exact) mass is 281 g/mol. The Balaban J connectivity index is 1.69. The van der Waals surface area contributed by atoms with E-state index >= 15 is 0 Å². The zero-order valence-corrected chi connectivity index (χ0v) is 12.1. The second-order valence-corrected chi connectivity index (χ2v) is 5.42. The minimum Gasteiger partial charge on any atom is -0.456 e. The van der Waals surface area contributed by atoms with Crippen molar-refractivity contribution in [3.63, 3.8) is 0 Å². The van der Waals surface area contributed by atoms with E-state index in [9.17, 15) is 9.90 Å². The highest BCUT2D eigenvalue weighted by molar-refractivity contribution is 5.91. The smallest absolute Gasteiger partial charge is 0.287 e. The first kappa shape index (κ1) is 15.1. The van der Waals surface area contributed by atoms with Crippen molar-refractivity contribution in [2.75, 3.05) is 19.8 Å². The van der Waals surface area contributed by atoms with Crippen LogP contribution in [0.2, 0.25) is 0 Å². The van der Waals surface area contributed by atoms with E-state index in [0.717, 1.165) is 17.7 Å². The number of hydrogen-bond acceptors (Lipinski definition) is 4. The molecule has 1 saturated carbocycles. The molecule has 1 aromatic heterocycles. The van der Waals surface area contributed by atoms with Crippen LogP contribution >= 0.6 is 0 Å². The van der Waals surface area contributed by atoms with Crippen molar-refractivity contribution in [1.82, 2.24) is 5.32 Å². The third kappa shape index (κ3) is 4.35. The summed E-state index contributed by atoms with van der Waals surface area (Å²) in [7, 11) is 0. The number of rotatable bonds is 8. The van der Waals surface area contributed by atoms with Gasteiger partial charge in [-0.2, -0.15) is 0 Å². The van der Waals surface area contributed by atoms with Gasteiger partial charge in [0, 0.05) is 19.6 Å². The number of furan rings is 1. The number of aryl methyl sites for hydroxylation is 2. The highest BCUT2D eigenvalue weighted by atomic mass is 16.5. The van der Waals surface area contributed by atoms with Crippen molar-refractivity contribution in [2.45, 2.75) is 39.2 Å². The van der Waals surface area contributed by atoms with Crippen molar-refractivity contribution < 1.29 is 19.1 Å². The lowest BCUT2D eigenvalue weighted by Crippen LogP contribution is -2.34. The normalized spacial score (nSPS) is 16.1. The molecule has 5 nitrogen and oxygen atoms in total. The van der Waals surface area contributed by atoms with E-state index in [2.05, 4.69) is 5.32 Å². The van der Waals surface area contributed by atoms with Crippen LogP contribution in [0.5, 0.6) is 0 Å². The first-order chi connectivity index (χ1) is 9.60. The molecule has 1 unspecified atom stereocenters. The topological polar surface area (TPSA) is 71.7 Å². The van der Waals surface area contributed by atoms with Crippen molar-refractivity contribution in [1.29, 1.82) is 0 Å². The highest BCUT2D eigenvalue weighted by Crippen LogP contribution is 2.28. The van der Waals surface area contributed by atoms with E-state index < -0.39 is 6.10 Å². The van der Waals surface area contributed by atoms with Crippen LogP contribution in [-0.2, 0) is 11.2 Å². The maximum Gasteiger partial charge on any atom is 0.287 e. The molecule has 0 radical (unpaired) electrons. The van der Waals surface area contributed by atoms with Crippen LogP contribution in [0, 0.1) is 12.8 Å². The lowest BCUT2D eigenvalue weighted by atomic mass is 10.2. The molecule has 5 heteroatoms. The van der Waals surface area contributed by atoms with Gasteiger partial charge >= 0.3 is 0 Å².